The molecule has 0 spiro atoms. The summed E-state index contributed by atoms with van der Waals surface area (Å²) in [7, 11) is 0. The van der Waals surface area contributed by atoms with Crippen LogP contribution in [0.4, 0.5) is 0 Å². The summed E-state index contributed by atoms with van der Waals surface area (Å²) in [4.78, 5) is 0.979. The van der Waals surface area contributed by atoms with Crippen LogP contribution < -0.4 is 0 Å². The lowest BCUT2D eigenvalue weighted by Crippen LogP contribution is -2.40. The fraction of sp³-hybridized carbons (Fsp3) is 0.692. The number of hydrogen-bond acceptors (Lipinski definition) is 2. The van der Waals surface area contributed by atoms with Crippen LogP contribution in [-0.2, 0) is 5.60 Å². The molecule has 2 rings (SSSR count). The smallest absolute Gasteiger partial charge is 0.103 e. The molecular formula is C13H19ClOS. The first kappa shape index (κ1) is 12.4. The highest BCUT2D eigenvalue weighted by atomic mass is 35.5. The molecular weight excluding hydrogens is 240 g/mol. The molecule has 1 saturated carbocycles. The Labute approximate surface area is 106 Å². The van der Waals surface area contributed by atoms with Crippen molar-refractivity contribution >= 4 is 22.9 Å². The van der Waals surface area contributed by atoms with E-state index in [-0.39, 0.29) is 0 Å². The molecule has 1 fully saturated rings. The first-order chi connectivity index (χ1) is 7.55. The molecule has 1 N–H and O–H groups in total. The number of rotatable bonds is 2. The highest BCUT2D eigenvalue weighted by Gasteiger charge is 2.43. The molecule has 0 bridgehead atoms. The summed E-state index contributed by atoms with van der Waals surface area (Å²) in [6, 6.07) is 1.89. The number of hydrogen-bond donors (Lipinski definition) is 1. The standard InChI is InChI=1S/C13H19ClOS/c1-9(2)10-5-3-4-7-13(10,15)12-11(14)6-8-16-12/h6,8-10,15H,3-5,7H2,1-2H3. The van der Waals surface area contributed by atoms with E-state index in [2.05, 4.69) is 13.8 Å². The van der Waals surface area contributed by atoms with Gasteiger partial charge in [0.05, 0.1) is 9.90 Å². The van der Waals surface area contributed by atoms with E-state index >= 15 is 0 Å². The minimum atomic E-state index is -0.683. The first-order valence-corrected chi connectivity index (χ1v) is 7.27. The maximum absolute atomic E-state index is 11.0. The molecule has 0 saturated heterocycles. The first-order valence-electron chi connectivity index (χ1n) is 6.01. The van der Waals surface area contributed by atoms with Gasteiger partial charge in [0.15, 0.2) is 0 Å². The zero-order valence-electron chi connectivity index (χ0n) is 9.87. The lowest BCUT2D eigenvalue weighted by Gasteiger charge is -2.42. The van der Waals surface area contributed by atoms with E-state index < -0.39 is 5.60 Å². The molecule has 0 aliphatic heterocycles. The molecule has 1 nitrogen and oxygen atoms in total. The van der Waals surface area contributed by atoms with Crippen molar-refractivity contribution in [3.8, 4) is 0 Å². The number of aliphatic hydroxyl groups is 1. The summed E-state index contributed by atoms with van der Waals surface area (Å²) in [5, 5.41) is 13.7. The van der Waals surface area contributed by atoms with Gasteiger partial charge in [-0.15, -0.1) is 11.3 Å². The van der Waals surface area contributed by atoms with Crippen molar-refractivity contribution in [2.45, 2.75) is 45.1 Å². The molecule has 0 aromatic carbocycles. The topological polar surface area (TPSA) is 20.2 Å². The fourth-order valence-electron chi connectivity index (χ4n) is 2.95. The predicted octanol–water partition coefficient (Wildman–Crippen LogP) is 4.44. The lowest BCUT2D eigenvalue weighted by molar-refractivity contribution is -0.0691. The van der Waals surface area contributed by atoms with Gasteiger partial charge in [-0.25, -0.2) is 0 Å². The molecule has 1 aromatic rings. The van der Waals surface area contributed by atoms with E-state index in [1.807, 2.05) is 11.4 Å². The van der Waals surface area contributed by atoms with E-state index in [1.54, 1.807) is 11.3 Å². The zero-order chi connectivity index (χ0) is 11.8. The molecule has 1 aliphatic carbocycles. The van der Waals surface area contributed by atoms with Crippen LogP contribution in [0.2, 0.25) is 5.02 Å². The molecule has 16 heavy (non-hydrogen) atoms. The van der Waals surface area contributed by atoms with Crippen molar-refractivity contribution in [2.75, 3.05) is 0 Å². The van der Waals surface area contributed by atoms with Gasteiger partial charge in [0.2, 0.25) is 0 Å². The second-order valence-corrected chi connectivity index (χ2v) is 6.44. The van der Waals surface area contributed by atoms with E-state index in [4.69, 9.17) is 11.6 Å². The Balaban J connectivity index is 2.37. The van der Waals surface area contributed by atoms with Gasteiger partial charge in [-0.05, 0) is 36.1 Å². The molecule has 1 heterocycles. The SMILES string of the molecule is CC(C)C1CCCCC1(O)c1sccc1Cl. The van der Waals surface area contributed by atoms with Crippen molar-refractivity contribution in [2.24, 2.45) is 11.8 Å². The van der Waals surface area contributed by atoms with Crippen LogP contribution in [0.25, 0.3) is 0 Å². The van der Waals surface area contributed by atoms with Crippen LogP contribution in [0.5, 0.6) is 0 Å². The quantitative estimate of drug-likeness (QED) is 0.832. The summed E-state index contributed by atoms with van der Waals surface area (Å²) in [6.07, 6.45) is 4.31. The van der Waals surface area contributed by atoms with Crippen molar-refractivity contribution in [1.29, 1.82) is 0 Å². The summed E-state index contributed by atoms with van der Waals surface area (Å²) in [5.41, 5.74) is -0.683. The van der Waals surface area contributed by atoms with Gasteiger partial charge in [-0.1, -0.05) is 38.3 Å². The minimum absolute atomic E-state index is 0.345. The summed E-state index contributed by atoms with van der Waals surface area (Å²) >= 11 is 7.78. The van der Waals surface area contributed by atoms with Gasteiger partial charge in [0, 0.05) is 0 Å². The van der Waals surface area contributed by atoms with Crippen molar-refractivity contribution in [3.63, 3.8) is 0 Å². The summed E-state index contributed by atoms with van der Waals surface area (Å²) in [5.74, 6) is 0.848. The average Bonchev–Trinajstić information content (AvgIpc) is 2.65. The van der Waals surface area contributed by atoms with Crippen LogP contribution in [0, 0.1) is 11.8 Å². The van der Waals surface area contributed by atoms with E-state index in [0.29, 0.717) is 11.8 Å². The Kier molecular flexibility index (Phi) is 3.62. The van der Waals surface area contributed by atoms with Crippen molar-refractivity contribution in [1.82, 2.24) is 0 Å². The van der Waals surface area contributed by atoms with Crippen LogP contribution in [0.1, 0.15) is 44.4 Å². The average molecular weight is 259 g/mol. The van der Waals surface area contributed by atoms with Crippen LogP contribution in [-0.4, -0.2) is 5.11 Å². The molecule has 2 unspecified atom stereocenters. The maximum Gasteiger partial charge on any atom is 0.103 e. The van der Waals surface area contributed by atoms with E-state index in [0.717, 1.165) is 29.2 Å². The largest absolute Gasteiger partial charge is 0.384 e. The van der Waals surface area contributed by atoms with Crippen molar-refractivity contribution < 1.29 is 5.11 Å². The van der Waals surface area contributed by atoms with Crippen LogP contribution in [0.3, 0.4) is 0 Å². The molecule has 1 aliphatic rings. The lowest BCUT2D eigenvalue weighted by atomic mass is 9.69. The van der Waals surface area contributed by atoms with E-state index in [1.165, 1.54) is 6.42 Å². The van der Waals surface area contributed by atoms with Crippen LogP contribution >= 0.6 is 22.9 Å². The van der Waals surface area contributed by atoms with Gasteiger partial charge < -0.3 is 5.11 Å². The highest BCUT2D eigenvalue weighted by molar-refractivity contribution is 7.10. The third-order valence-electron chi connectivity index (χ3n) is 3.75. The minimum Gasteiger partial charge on any atom is -0.384 e. The maximum atomic E-state index is 11.0. The Morgan fingerprint density at radius 2 is 2.25 bits per heavy atom. The Hall–Kier alpha value is -0.0500. The van der Waals surface area contributed by atoms with Gasteiger partial charge in [0.25, 0.3) is 0 Å². The van der Waals surface area contributed by atoms with Gasteiger partial charge in [0.1, 0.15) is 5.60 Å². The molecule has 90 valence electrons. The highest BCUT2D eigenvalue weighted by Crippen LogP contribution is 2.48. The number of halogens is 1. The van der Waals surface area contributed by atoms with E-state index in [9.17, 15) is 5.11 Å². The molecule has 0 radical (unpaired) electrons. The predicted molar refractivity (Wildman–Crippen MR) is 70.0 cm³/mol. The third kappa shape index (κ3) is 2.03. The normalized spacial score (nSPS) is 30.9. The number of thiophene rings is 1. The third-order valence-corrected chi connectivity index (χ3v) is 5.26. The van der Waals surface area contributed by atoms with Gasteiger partial charge in [-0.2, -0.15) is 0 Å². The summed E-state index contributed by atoms with van der Waals surface area (Å²) < 4.78 is 0. The Morgan fingerprint density at radius 3 is 2.81 bits per heavy atom. The molecule has 3 heteroatoms. The Bertz CT molecular complexity index is 361. The van der Waals surface area contributed by atoms with Crippen molar-refractivity contribution in [3.05, 3.63) is 21.3 Å². The molecule has 1 aromatic heterocycles. The molecule has 2 atom stereocenters. The second-order valence-electron chi connectivity index (χ2n) is 5.12. The Morgan fingerprint density at radius 1 is 1.50 bits per heavy atom. The second kappa shape index (κ2) is 4.67. The van der Waals surface area contributed by atoms with Gasteiger partial charge in [-0.3, -0.25) is 0 Å². The fourth-order valence-corrected chi connectivity index (χ4v) is 4.37. The van der Waals surface area contributed by atoms with Crippen LogP contribution in [0.15, 0.2) is 11.4 Å². The summed E-state index contributed by atoms with van der Waals surface area (Å²) in [6.45, 7) is 4.39. The molecule has 0 amide bonds. The monoisotopic (exact) mass is 258 g/mol. The zero-order valence-corrected chi connectivity index (χ0v) is 11.4. The van der Waals surface area contributed by atoms with Gasteiger partial charge >= 0.3 is 0 Å².